The van der Waals surface area contributed by atoms with E-state index in [4.69, 9.17) is 16.3 Å². The number of alkyl halides is 1. The summed E-state index contributed by atoms with van der Waals surface area (Å²) in [6.07, 6.45) is 0.953. The summed E-state index contributed by atoms with van der Waals surface area (Å²) in [6.45, 7) is 2.16. The van der Waals surface area contributed by atoms with Gasteiger partial charge in [0.2, 0.25) is 5.88 Å². The first-order chi connectivity index (χ1) is 10.3. The van der Waals surface area contributed by atoms with Crippen LogP contribution >= 0.6 is 22.9 Å². The highest BCUT2D eigenvalue weighted by Crippen LogP contribution is 2.31. The van der Waals surface area contributed by atoms with Gasteiger partial charge in [0.1, 0.15) is 11.3 Å². The molecule has 0 aliphatic rings. The number of rotatable bonds is 5. The summed E-state index contributed by atoms with van der Waals surface area (Å²) >= 11 is 7.84. The molecule has 1 atom stereocenters. The molecule has 0 bridgehead atoms. The van der Waals surface area contributed by atoms with E-state index in [1.165, 1.54) is 4.88 Å². The summed E-state index contributed by atoms with van der Waals surface area (Å²) in [6, 6.07) is 8.15. The normalized spacial score (nSPS) is 12.7. The molecule has 3 heterocycles. The molecule has 0 aliphatic heterocycles. The molecule has 0 aliphatic carbocycles. The number of halogens is 1. The predicted octanol–water partition coefficient (Wildman–Crippen LogP) is 4.24. The van der Waals surface area contributed by atoms with E-state index in [2.05, 4.69) is 39.0 Å². The van der Waals surface area contributed by atoms with Crippen molar-refractivity contribution in [3.63, 3.8) is 0 Å². The Balaban J connectivity index is 2.23. The maximum Gasteiger partial charge on any atom is 0.215 e. The van der Waals surface area contributed by atoms with Gasteiger partial charge in [-0.25, -0.2) is 4.98 Å². The van der Waals surface area contributed by atoms with E-state index in [1.807, 2.05) is 12.1 Å². The third kappa shape index (κ3) is 2.51. The van der Waals surface area contributed by atoms with E-state index >= 15 is 0 Å². The molecular weight excluding hydrogens is 306 g/mol. The van der Waals surface area contributed by atoms with Crippen LogP contribution in [0.4, 0.5) is 0 Å². The van der Waals surface area contributed by atoms with Crippen LogP contribution in [-0.4, -0.2) is 21.6 Å². The average Bonchev–Trinajstić information content (AvgIpc) is 3.16. The monoisotopic (exact) mass is 321 g/mol. The first-order valence-electron chi connectivity index (χ1n) is 6.79. The number of hydrogen-bond donors (Lipinski definition) is 0. The van der Waals surface area contributed by atoms with Crippen LogP contribution in [0, 0.1) is 0 Å². The summed E-state index contributed by atoms with van der Waals surface area (Å²) in [4.78, 5) is 10.5. The summed E-state index contributed by atoms with van der Waals surface area (Å²) in [5, 5.41) is 2.09. The zero-order chi connectivity index (χ0) is 14.8. The predicted molar refractivity (Wildman–Crippen MR) is 86.4 cm³/mol. The molecule has 0 saturated heterocycles. The Labute approximate surface area is 132 Å². The van der Waals surface area contributed by atoms with Crippen molar-refractivity contribution in [3.05, 3.63) is 40.3 Å². The smallest absolute Gasteiger partial charge is 0.215 e. The number of thiophene rings is 1. The van der Waals surface area contributed by atoms with Crippen molar-refractivity contribution in [2.75, 3.05) is 7.11 Å². The molecule has 1 unspecified atom stereocenters. The minimum atomic E-state index is 0.198. The van der Waals surface area contributed by atoms with E-state index in [-0.39, 0.29) is 6.04 Å². The zero-order valence-electron chi connectivity index (χ0n) is 11.9. The fourth-order valence-corrected chi connectivity index (χ4v) is 3.62. The first-order valence-corrected chi connectivity index (χ1v) is 8.21. The first kappa shape index (κ1) is 14.4. The Morgan fingerprint density at radius 3 is 2.81 bits per heavy atom. The van der Waals surface area contributed by atoms with Crippen LogP contribution in [0.5, 0.6) is 5.88 Å². The SMILES string of the molecule is CCC(c1cccs1)n1c(CCl)nc2ccc(OC)nc21. The molecule has 3 rings (SSSR count). The lowest BCUT2D eigenvalue weighted by Gasteiger charge is -2.18. The van der Waals surface area contributed by atoms with Crippen molar-refractivity contribution in [2.24, 2.45) is 0 Å². The van der Waals surface area contributed by atoms with Crippen molar-refractivity contribution in [1.29, 1.82) is 0 Å². The van der Waals surface area contributed by atoms with E-state index in [0.29, 0.717) is 11.8 Å². The highest BCUT2D eigenvalue weighted by atomic mass is 35.5. The molecule has 4 nitrogen and oxygen atoms in total. The van der Waals surface area contributed by atoms with Crippen molar-refractivity contribution in [3.8, 4) is 5.88 Å². The molecule has 0 aromatic carbocycles. The lowest BCUT2D eigenvalue weighted by Crippen LogP contribution is -2.12. The topological polar surface area (TPSA) is 39.9 Å². The van der Waals surface area contributed by atoms with Gasteiger partial charge < -0.3 is 9.30 Å². The van der Waals surface area contributed by atoms with Crippen LogP contribution in [0.3, 0.4) is 0 Å². The molecule has 0 saturated carbocycles. The van der Waals surface area contributed by atoms with Gasteiger partial charge in [0, 0.05) is 10.9 Å². The Bertz CT molecular complexity index is 739. The third-order valence-electron chi connectivity index (χ3n) is 3.48. The molecular formula is C15H16ClN3OS. The van der Waals surface area contributed by atoms with Gasteiger partial charge in [-0.05, 0) is 23.9 Å². The van der Waals surface area contributed by atoms with Gasteiger partial charge in [0.25, 0.3) is 0 Å². The summed E-state index contributed by atoms with van der Waals surface area (Å²) in [5.74, 6) is 1.79. The van der Waals surface area contributed by atoms with Crippen LogP contribution in [-0.2, 0) is 5.88 Å². The van der Waals surface area contributed by atoms with Crippen LogP contribution in [0.1, 0.15) is 30.1 Å². The fourth-order valence-electron chi connectivity index (χ4n) is 2.53. The third-order valence-corrected chi connectivity index (χ3v) is 4.70. The van der Waals surface area contributed by atoms with Crippen molar-refractivity contribution in [1.82, 2.24) is 14.5 Å². The Morgan fingerprint density at radius 1 is 1.33 bits per heavy atom. The Hall–Kier alpha value is -1.59. The van der Waals surface area contributed by atoms with Gasteiger partial charge in [0.05, 0.1) is 19.0 Å². The molecule has 0 N–H and O–H groups in total. The van der Waals surface area contributed by atoms with Gasteiger partial charge in [-0.15, -0.1) is 22.9 Å². The van der Waals surface area contributed by atoms with Gasteiger partial charge in [0.15, 0.2) is 5.65 Å². The molecule has 3 aromatic rings. The van der Waals surface area contributed by atoms with E-state index in [9.17, 15) is 0 Å². The molecule has 0 amide bonds. The van der Waals surface area contributed by atoms with Crippen LogP contribution in [0.15, 0.2) is 29.6 Å². The lowest BCUT2D eigenvalue weighted by molar-refractivity contribution is 0.398. The molecule has 110 valence electrons. The molecule has 6 heteroatoms. The second-order valence-electron chi connectivity index (χ2n) is 4.67. The van der Waals surface area contributed by atoms with E-state index in [0.717, 1.165) is 23.4 Å². The molecule has 3 aromatic heterocycles. The van der Waals surface area contributed by atoms with E-state index < -0.39 is 0 Å². The zero-order valence-corrected chi connectivity index (χ0v) is 13.5. The quantitative estimate of drug-likeness (QED) is 0.660. The van der Waals surface area contributed by atoms with Gasteiger partial charge in [-0.3, -0.25) is 0 Å². The second-order valence-corrected chi connectivity index (χ2v) is 5.91. The molecule has 21 heavy (non-hydrogen) atoms. The summed E-state index contributed by atoms with van der Waals surface area (Å²) in [7, 11) is 1.62. The molecule has 0 fully saturated rings. The Morgan fingerprint density at radius 2 is 2.19 bits per heavy atom. The van der Waals surface area contributed by atoms with Crippen molar-refractivity contribution in [2.45, 2.75) is 25.3 Å². The highest BCUT2D eigenvalue weighted by Gasteiger charge is 2.21. The number of hydrogen-bond acceptors (Lipinski definition) is 4. The summed E-state index contributed by atoms with van der Waals surface area (Å²) < 4.78 is 7.38. The minimum absolute atomic E-state index is 0.198. The minimum Gasteiger partial charge on any atom is -0.481 e. The van der Waals surface area contributed by atoms with Crippen LogP contribution in [0.2, 0.25) is 0 Å². The lowest BCUT2D eigenvalue weighted by atomic mass is 10.2. The average molecular weight is 322 g/mol. The van der Waals surface area contributed by atoms with Gasteiger partial charge in [-0.1, -0.05) is 13.0 Å². The second kappa shape index (κ2) is 6.03. The number of ether oxygens (including phenoxy) is 1. The number of methoxy groups -OCH3 is 1. The summed E-state index contributed by atoms with van der Waals surface area (Å²) in [5.41, 5.74) is 1.67. The van der Waals surface area contributed by atoms with E-state index in [1.54, 1.807) is 18.4 Å². The maximum atomic E-state index is 6.10. The molecule has 0 radical (unpaired) electrons. The number of pyridine rings is 1. The van der Waals surface area contributed by atoms with Gasteiger partial charge in [-0.2, -0.15) is 4.98 Å². The van der Waals surface area contributed by atoms with Crippen LogP contribution < -0.4 is 4.74 Å². The largest absolute Gasteiger partial charge is 0.481 e. The van der Waals surface area contributed by atoms with Crippen molar-refractivity contribution < 1.29 is 4.74 Å². The van der Waals surface area contributed by atoms with Gasteiger partial charge >= 0.3 is 0 Å². The highest BCUT2D eigenvalue weighted by molar-refractivity contribution is 7.10. The fraction of sp³-hybridized carbons (Fsp3) is 0.333. The van der Waals surface area contributed by atoms with Crippen LogP contribution in [0.25, 0.3) is 11.2 Å². The Kier molecular flexibility index (Phi) is 4.12. The van der Waals surface area contributed by atoms with Crippen molar-refractivity contribution >= 4 is 34.1 Å². The number of aromatic nitrogens is 3. The number of imidazole rings is 1. The standard InChI is InChI=1S/C15H16ClN3OS/c1-3-11(12-5-4-8-21-12)19-13(9-16)17-10-6-7-14(20-2)18-15(10)19/h4-8,11H,3,9H2,1-2H3. The number of fused-ring (bicyclic) bond motifs is 1. The number of nitrogens with zero attached hydrogens (tertiary/aromatic N) is 3. The molecule has 0 spiro atoms. The maximum absolute atomic E-state index is 6.10.